The van der Waals surface area contributed by atoms with Crippen molar-refractivity contribution in [1.29, 1.82) is 0 Å². The van der Waals surface area contributed by atoms with Crippen LogP contribution in [0.5, 0.6) is 5.75 Å². The zero-order valence-electron chi connectivity index (χ0n) is 18.9. The number of likely N-dealkylation sites (tertiary alicyclic amines) is 2. The van der Waals surface area contributed by atoms with Crippen molar-refractivity contribution >= 4 is 5.91 Å². The highest BCUT2D eigenvalue weighted by Crippen LogP contribution is 2.51. The Morgan fingerprint density at radius 1 is 1.06 bits per heavy atom. The lowest BCUT2D eigenvalue weighted by Gasteiger charge is -2.49. The van der Waals surface area contributed by atoms with Crippen molar-refractivity contribution in [3.63, 3.8) is 0 Å². The Bertz CT molecular complexity index is 871. The second kappa shape index (κ2) is 8.43. The van der Waals surface area contributed by atoms with Crippen molar-refractivity contribution in [3.8, 4) is 5.75 Å². The van der Waals surface area contributed by atoms with Crippen molar-refractivity contribution in [2.75, 3.05) is 32.8 Å². The first-order valence-corrected chi connectivity index (χ1v) is 12.2. The molecule has 1 aromatic carbocycles. The Hall–Kier alpha value is -1.83. The van der Waals surface area contributed by atoms with Gasteiger partial charge >= 0.3 is 6.18 Å². The molecule has 2 aliphatic heterocycles. The van der Waals surface area contributed by atoms with Gasteiger partial charge in [-0.3, -0.25) is 4.79 Å². The molecule has 1 spiro atoms. The molecular weight excluding hydrogens is 436 g/mol. The quantitative estimate of drug-likeness (QED) is 0.546. The van der Waals surface area contributed by atoms with Gasteiger partial charge in [-0.25, -0.2) is 4.39 Å². The molecule has 33 heavy (non-hydrogen) atoms. The van der Waals surface area contributed by atoms with E-state index in [0.29, 0.717) is 37.7 Å². The highest BCUT2D eigenvalue weighted by atomic mass is 19.4. The fraction of sp³-hybridized carbons (Fsp3) is 0.720. The van der Waals surface area contributed by atoms with Gasteiger partial charge in [-0.2, -0.15) is 13.2 Å². The van der Waals surface area contributed by atoms with E-state index in [1.54, 1.807) is 17.0 Å². The summed E-state index contributed by atoms with van der Waals surface area (Å²) < 4.78 is 57.0. The van der Waals surface area contributed by atoms with Gasteiger partial charge in [0.15, 0.2) is 5.67 Å². The number of carbonyl (C=O) groups is 1. The lowest BCUT2D eigenvalue weighted by atomic mass is 9.77. The summed E-state index contributed by atoms with van der Waals surface area (Å²) >= 11 is 0. The normalized spacial score (nSPS) is 26.9. The minimum Gasteiger partial charge on any atom is -0.493 e. The van der Waals surface area contributed by atoms with Gasteiger partial charge < -0.3 is 14.5 Å². The van der Waals surface area contributed by atoms with Crippen LogP contribution in [0.15, 0.2) is 24.3 Å². The van der Waals surface area contributed by atoms with Crippen molar-refractivity contribution in [1.82, 2.24) is 9.80 Å². The molecule has 2 saturated heterocycles. The summed E-state index contributed by atoms with van der Waals surface area (Å²) in [6, 6.07) is 7.98. The van der Waals surface area contributed by atoms with Gasteiger partial charge in [-0.15, -0.1) is 0 Å². The summed E-state index contributed by atoms with van der Waals surface area (Å²) in [4.78, 5) is 16.5. The van der Waals surface area contributed by atoms with Crippen molar-refractivity contribution in [3.05, 3.63) is 29.8 Å². The molecule has 182 valence electrons. The Morgan fingerprint density at radius 3 is 2.42 bits per heavy atom. The van der Waals surface area contributed by atoms with Crippen LogP contribution in [0, 0.1) is 5.41 Å². The lowest BCUT2D eigenvalue weighted by Crippen LogP contribution is -2.60. The zero-order valence-corrected chi connectivity index (χ0v) is 18.9. The molecule has 8 heteroatoms. The van der Waals surface area contributed by atoms with Crippen LogP contribution in [0.4, 0.5) is 17.6 Å². The van der Waals surface area contributed by atoms with Crippen LogP contribution in [0.3, 0.4) is 0 Å². The van der Waals surface area contributed by atoms with E-state index in [4.69, 9.17) is 4.74 Å². The predicted molar refractivity (Wildman–Crippen MR) is 116 cm³/mol. The first-order chi connectivity index (χ1) is 15.7. The van der Waals surface area contributed by atoms with Crippen LogP contribution in [-0.4, -0.2) is 66.4 Å². The monoisotopic (exact) mass is 468 g/mol. The number of carbonyl (C=O) groups excluding carboxylic acids is 1. The molecule has 4 nitrogen and oxygen atoms in total. The summed E-state index contributed by atoms with van der Waals surface area (Å²) in [6.45, 7) is 2.96. The minimum absolute atomic E-state index is 0.168. The second-order valence-corrected chi connectivity index (χ2v) is 10.6. The number of amides is 1. The summed E-state index contributed by atoms with van der Waals surface area (Å²) in [5.41, 5.74) is -0.383. The highest BCUT2D eigenvalue weighted by molar-refractivity contribution is 5.88. The second-order valence-electron chi connectivity index (χ2n) is 10.6. The van der Waals surface area contributed by atoms with Crippen LogP contribution in [-0.2, 0) is 4.79 Å². The summed E-state index contributed by atoms with van der Waals surface area (Å²) in [5.74, 6) is 0.559. The Labute approximate surface area is 192 Å². The summed E-state index contributed by atoms with van der Waals surface area (Å²) in [6.07, 6.45) is 0.787. The molecule has 0 radical (unpaired) electrons. The van der Waals surface area contributed by atoms with Gasteiger partial charge in [0.05, 0.1) is 13.0 Å². The molecule has 0 aromatic heterocycles. The molecule has 2 heterocycles. The average molecular weight is 469 g/mol. The van der Waals surface area contributed by atoms with Crippen molar-refractivity contribution < 1.29 is 27.1 Å². The largest absolute Gasteiger partial charge is 0.493 e. The van der Waals surface area contributed by atoms with Crippen LogP contribution in [0.25, 0.3) is 0 Å². The molecule has 0 bridgehead atoms. The SMILES string of the molecule is O=C(N1CC2(CC[C@H](N3CCC(c4ccccc4OCCC(F)(F)F)CC3)C2)C1)C1(F)CC1. The van der Waals surface area contributed by atoms with E-state index < -0.39 is 18.3 Å². The van der Waals surface area contributed by atoms with Gasteiger partial charge in [-0.05, 0) is 75.6 Å². The molecule has 0 N–H and O–H groups in total. The maximum Gasteiger partial charge on any atom is 0.392 e. The third-order valence-corrected chi connectivity index (χ3v) is 8.14. The fourth-order valence-corrected chi connectivity index (χ4v) is 6.09. The van der Waals surface area contributed by atoms with Crippen molar-refractivity contribution in [2.24, 2.45) is 5.41 Å². The van der Waals surface area contributed by atoms with E-state index in [0.717, 1.165) is 50.8 Å². The molecule has 4 fully saturated rings. The third kappa shape index (κ3) is 4.86. The average Bonchev–Trinajstić information content (AvgIpc) is 3.35. The molecule has 4 aliphatic rings. The van der Waals surface area contributed by atoms with Gasteiger partial charge in [0, 0.05) is 24.5 Å². The lowest BCUT2D eigenvalue weighted by molar-refractivity contribution is -0.150. The van der Waals surface area contributed by atoms with Gasteiger partial charge in [0.1, 0.15) is 5.75 Å². The van der Waals surface area contributed by atoms with Gasteiger partial charge in [0.25, 0.3) is 5.91 Å². The minimum atomic E-state index is -4.21. The first-order valence-electron chi connectivity index (χ1n) is 12.2. The third-order valence-electron chi connectivity index (χ3n) is 8.14. The number of rotatable bonds is 6. The van der Waals surface area contributed by atoms with Crippen LogP contribution >= 0.6 is 0 Å². The fourth-order valence-electron chi connectivity index (χ4n) is 6.09. The van der Waals surface area contributed by atoms with Gasteiger partial charge in [-0.1, -0.05) is 18.2 Å². The number of nitrogens with zero attached hydrogens (tertiary/aromatic N) is 2. The van der Waals surface area contributed by atoms with Crippen LogP contribution in [0.2, 0.25) is 0 Å². The standard InChI is InChI=1S/C25H32F4N2O2/c26-24(9-10-24)22(32)31-16-23(17-31)8-5-19(15-23)30-12-6-18(7-13-30)20-3-1-2-4-21(20)33-14-11-25(27,28)29/h1-4,18-19H,5-17H2/t19-/m0/s1. The first kappa shape index (κ1) is 22.9. The van der Waals surface area contributed by atoms with Crippen LogP contribution < -0.4 is 4.74 Å². The molecule has 5 rings (SSSR count). The molecule has 1 atom stereocenters. The molecule has 2 saturated carbocycles. The Balaban J connectivity index is 1.11. The van der Waals surface area contributed by atoms with Crippen LogP contribution in [0.1, 0.15) is 62.8 Å². The van der Waals surface area contributed by atoms with Gasteiger partial charge in [0.2, 0.25) is 0 Å². The van der Waals surface area contributed by atoms with E-state index in [-0.39, 0.29) is 23.8 Å². The number of benzene rings is 1. The number of halogens is 4. The number of ether oxygens (including phenoxy) is 1. The topological polar surface area (TPSA) is 32.8 Å². The number of piperidine rings is 1. The summed E-state index contributed by atoms with van der Waals surface area (Å²) in [5, 5.41) is 0. The van der Waals surface area contributed by atoms with E-state index >= 15 is 0 Å². The van der Waals surface area contributed by atoms with Crippen molar-refractivity contribution in [2.45, 2.75) is 75.2 Å². The molecule has 0 unspecified atom stereocenters. The Kier molecular flexibility index (Phi) is 5.86. The van der Waals surface area contributed by atoms with E-state index in [1.807, 2.05) is 12.1 Å². The maximum absolute atomic E-state index is 14.1. The maximum atomic E-state index is 14.1. The number of para-hydroxylation sites is 1. The predicted octanol–water partition coefficient (Wildman–Crippen LogP) is 5.08. The summed E-state index contributed by atoms with van der Waals surface area (Å²) in [7, 11) is 0. The van der Waals surface area contributed by atoms with E-state index in [1.165, 1.54) is 0 Å². The number of alkyl halides is 4. The molecular formula is C25H32F4N2O2. The highest BCUT2D eigenvalue weighted by Gasteiger charge is 2.58. The smallest absolute Gasteiger partial charge is 0.392 e. The molecule has 1 amide bonds. The number of hydrogen-bond acceptors (Lipinski definition) is 3. The van der Waals surface area contributed by atoms with E-state index in [9.17, 15) is 22.4 Å². The Morgan fingerprint density at radius 2 is 1.76 bits per heavy atom. The molecule has 1 aromatic rings. The zero-order chi connectivity index (χ0) is 23.3. The number of hydrogen-bond donors (Lipinski definition) is 0. The van der Waals surface area contributed by atoms with E-state index in [2.05, 4.69) is 4.90 Å². The molecule has 2 aliphatic carbocycles.